The summed E-state index contributed by atoms with van der Waals surface area (Å²) in [4.78, 5) is 0. The van der Waals surface area contributed by atoms with Gasteiger partial charge in [-0.05, 0) is 42.5 Å². The van der Waals surface area contributed by atoms with Crippen LogP contribution in [-0.4, -0.2) is 11.2 Å². The topological polar surface area (TPSA) is 46.2 Å². The van der Waals surface area contributed by atoms with E-state index in [4.69, 9.17) is 5.73 Å². The average Bonchev–Trinajstić information content (AvgIpc) is 2.03. The van der Waals surface area contributed by atoms with Gasteiger partial charge in [-0.15, -0.1) is 0 Å². The number of hydrogen-bond acceptors (Lipinski definition) is 2. The highest BCUT2D eigenvalue weighted by Gasteiger charge is 2.15. The minimum absolute atomic E-state index is 0.167. The second-order valence-electron chi connectivity index (χ2n) is 3.42. The molecule has 0 bridgehead atoms. The Kier molecular flexibility index (Phi) is 1.77. The van der Waals surface area contributed by atoms with Gasteiger partial charge in [0.2, 0.25) is 0 Å². The van der Waals surface area contributed by atoms with E-state index in [1.165, 1.54) is 11.1 Å². The molecule has 1 aromatic rings. The van der Waals surface area contributed by atoms with Gasteiger partial charge < -0.3 is 10.8 Å². The van der Waals surface area contributed by atoms with Crippen LogP contribution in [0.4, 0.5) is 5.69 Å². The van der Waals surface area contributed by atoms with Crippen LogP contribution in [0.1, 0.15) is 17.5 Å². The fourth-order valence-corrected chi connectivity index (χ4v) is 1.76. The van der Waals surface area contributed by atoms with Crippen LogP contribution < -0.4 is 5.73 Å². The molecule has 0 unspecified atom stereocenters. The quantitative estimate of drug-likeness (QED) is 0.563. The first kappa shape index (κ1) is 7.62. The van der Waals surface area contributed by atoms with Crippen molar-refractivity contribution in [2.24, 2.45) is 0 Å². The van der Waals surface area contributed by atoms with E-state index in [0.717, 1.165) is 24.9 Å². The lowest BCUT2D eigenvalue weighted by Crippen LogP contribution is -2.18. The monoisotopic (exact) mass is 163 g/mol. The summed E-state index contributed by atoms with van der Waals surface area (Å²) in [5.74, 6) is 0. The van der Waals surface area contributed by atoms with E-state index >= 15 is 0 Å². The third-order valence-electron chi connectivity index (χ3n) is 2.43. The predicted octanol–water partition coefficient (Wildman–Crippen LogP) is 1.12. The Hall–Kier alpha value is -1.02. The van der Waals surface area contributed by atoms with E-state index in [1.54, 1.807) is 0 Å². The lowest BCUT2D eigenvalue weighted by Gasteiger charge is -2.20. The van der Waals surface area contributed by atoms with E-state index in [0.29, 0.717) is 0 Å². The minimum atomic E-state index is -0.167. The SMILES string of the molecule is Nc1ccc2c(c1)C[C@H](O)CC2. The Morgan fingerprint density at radius 1 is 1.33 bits per heavy atom. The number of rotatable bonds is 0. The van der Waals surface area contributed by atoms with Crippen LogP contribution >= 0.6 is 0 Å². The number of hydrogen-bond donors (Lipinski definition) is 2. The van der Waals surface area contributed by atoms with Gasteiger partial charge in [0, 0.05) is 5.69 Å². The van der Waals surface area contributed by atoms with Crippen molar-refractivity contribution in [1.29, 1.82) is 0 Å². The molecule has 2 nitrogen and oxygen atoms in total. The maximum atomic E-state index is 9.41. The first-order valence-electron chi connectivity index (χ1n) is 4.31. The van der Waals surface area contributed by atoms with Gasteiger partial charge in [-0.3, -0.25) is 0 Å². The smallest absolute Gasteiger partial charge is 0.0583 e. The van der Waals surface area contributed by atoms with E-state index in [-0.39, 0.29) is 6.10 Å². The molecule has 2 rings (SSSR count). The zero-order valence-corrected chi connectivity index (χ0v) is 6.96. The van der Waals surface area contributed by atoms with Crippen LogP contribution in [0.15, 0.2) is 18.2 Å². The minimum Gasteiger partial charge on any atom is -0.399 e. The van der Waals surface area contributed by atoms with Gasteiger partial charge in [0.25, 0.3) is 0 Å². The van der Waals surface area contributed by atoms with Crippen molar-refractivity contribution in [3.8, 4) is 0 Å². The van der Waals surface area contributed by atoms with E-state index in [2.05, 4.69) is 6.07 Å². The number of nitrogens with two attached hydrogens (primary N) is 1. The second-order valence-corrected chi connectivity index (χ2v) is 3.42. The Labute approximate surface area is 72.0 Å². The number of anilines is 1. The highest BCUT2D eigenvalue weighted by Crippen LogP contribution is 2.23. The Morgan fingerprint density at radius 3 is 3.00 bits per heavy atom. The van der Waals surface area contributed by atoms with Crippen LogP contribution in [0.5, 0.6) is 0 Å². The third-order valence-corrected chi connectivity index (χ3v) is 2.43. The molecular weight excluding hydrogens is 150 g/mol. The molecule has 1 aliphatic carbocycles. The molecule has 0 aliphatic heterocycles. The molecule has 0 aromatic heterocycles. The summed E-state index contributed by atoms with van der Waals surface area (Å²) in [5, 5.41) is 9.41. The number of aryl methyl sites for hydroxylation is 1. The molecule has 3 N–H and O–H groups in total. The molecule has 0 radical (unpaired) electrons. The summed E-state index contributed by atoms with van der Waals surface area (Å²) in [5.41, 5.74) is 9.00. The Balaban J connectivity index is 2.37. The van der Waals surface area contributed by atoms with Gasteiger partial charge in [-0.25, -0.2) is 0 Å². The maximum Gasteiger partial charge on any atom is 0.0583 e. The molecule has 0 amide bonds. The molecule has 1 atom stereocenters. The highest BCUT2D eigenvalue weighted by atomic mass is 16.3. The Bertz CT molecular complexity index is 296. The van der Waals surface area contributed by atoms with Crippen LogP contribution in [-0.2, 0) is 12.8 Å². The summed E-state index contributed by atoms with van der Waals surface area (Å²) in [6.07, 6.45) is 2.47. The summed E-state index contributed by atoms with van der Waals surface area (Å²) in [7, 11) is 0. The normalized spacial score (nSPS) is 21.9. The lowest BCUT2D eigenvalue weighted by molar-refractivity contribution is 0.158. The molecule has 0 saturated carbocycles. The predicted molar refractivity (Wildman–Crippen MR) is 48.9 cm³/mol. The van der Waals surface area contributed by atoms with Crippen LogP contribution in [0.25, 0.3) is 0 Å². The van der Waals surface area contributed by atoms with Gasteiger partial charge in [0.05, 0.1) is 6.10 Å². The van der Waals surface area contributed by atoms with Crippen molar-refractivity contribution in [2.45, 2.75) is 25.4 Å². The maximum absolute atomic E-state index is 9.41. The van der Waals surface area contributed by atoms with Crippen molar-refractivity contribution in [3.05, 3.63) is 29.3 Å². The fourth-order valence-electron chi connectivity index (χ4n) is 1.76. The molecule has 12 heavy (non-hydrogen) atoms. The summed E-state index contributed by atoms with van der Waals surface area (Å²) < 4.78 is 0. The highest BCUT2D eigenvalue weighted by molar-refractivity contribution is 5.45. The number of aliphatic hydroxyl groups excluding tert-OH is 1. The van der Waals surface area contributed by atoms with E-state index < -0.39 is 0 Å². The van der Waals surface area contributed by atoms with Crippen molar-refractivity contribution >= 4 is 5.69 Å². The second kappa shape index (κ2) is 2.79. The molecule has 1 aliphatic rings. The van der Waals surface area contributed by atoms with Crippen molar-refractivity contribution in [2.75, 3.05) is 5.73 Å². The van der Waals surface area contributed by atoms with Crippen molar-refractivity contribution in [1.82, 2.24) is 0 Å². The van der Waals surface area contributed by atoms with Crippen molar-refractivity contribution in [3.63, 3.8) is 0 Å². The molecular formula is C10H13NO. The van der Waals surface area contributed by atoms with Crippen LogP contribution in [0.2, 0.25) is 0 Å². The van der Waals surface area contributed by atoms with E-state index in [9.17, 15) is 5.11 Å². The number of benzene rings is 1. The standard InChI is InChI=1S/C10H13NO/c11-9-3-1-7-2-4-10(12)6-8(7)5-9/h1,3,5,10,12H,2,4,6,11H2/t10-/m1/s1. The first-order valence-corrected chi connectivity index (χ1v) is 4.31. The molecule has 64 valence electrons. The number of fused-ring (bicyclic) bond motifs is 1. The summed E-state index contributed by atoms with van der Waals surface area (Å²) in [6, 6.07) is 5.96. The molecule has 0 heterocycles. The average molecular weight is 163 g/mol. The fraction of sp³-hybridized carbons (Fsp3) is 0.400. The molecule has 0 spiro atoms. The van der Waals surface area contributed by atoms with Gasteiger partial charge in [0.15, 0.2) is 0 Å². The largest absolute Gasteiger partial charge is 0.399 e. The lowest BCUT2D eigenvalue weighted by atomic mass is 9.90. The third kappa shape index (κ3) is 1.30. The zero-order chi connectivity index (χ0) is 8.55. The van der Waals surface area contributed by atoms with E-state index in [1.807, 2.05) is 12.1 Å². The summed E-state index contributed by atoms with van der Waals surface area (Å²) >= 11 is 0. The van der Waals surface area contributed by atoms with Gasteiger partial charge >= 0.3 is 0 Å². The molecule has 2 heteroatoms. The molecule has 1 aromatic carbocycles. The number of aliphatic hydroxyl groups is 1. The Morgan fingerprint density at radius 2 is 2.17 bits per heavy atom. The summed E-state index contributed by atoms with van der Waals surface area (Å²) in [6.45, 7) is 0. The van der Waals surface area contributed by atoms with Gasteiger partial charge in [-0.1, -0.05) is 6.07 Å². The van der Waals surface area contributed by atoms with Crippen LogP contribution in [0, 0.1) is 0 Å². The zero-order valence-electron chi connectivity index (χ0n) is 6.96. The molecule has 0 fully saturated rings. The first-order chi connectivity index (χ1) is 5.75. The van der Waals surface area contributed by atoms with Crippen molar-refractivity contribution < 1.29 is 5.11 Å². The molecule has 0 saturated heterocycles. The van der Waals surface area contributed by atoms with Crippen LogP contribution in [0.3, 0.4) is 0 Å². The van der Waals surface area contributed by atoms with Gasteiger partial charge in [0.1, 0.15) is 0 Å². The number of nitrogen functional groups attached to an aromatic ring is 1. The van der Waals surface area contributed by atoms with Gasteiger partial charge in [-0.2, -0.15) is 0 Å².